The van der Waals surface area contributed by atoms with Crippen LogP contribution in [-0.2, 0) is 4.74 Å². The molecule has 0 saturated carbocycles. The van der Waals surface area contributed by atoms with Crippen LogP contribution in [-0.4, -0.2) is 48.1 Å². The molecular formula is C11H11N2O4-. The zero-order chi connectivity index (χ0) is 12.3. The fourth-order valence-corrected chi connectivity index (χ4v) is 1.59. The van der Waals surface area contributed by atoms with E-state index in [0.29, 0.717) is 31.9 Å². The number of aromatic nitrogens is 1. The van der Waals surface area contributed by atoms with Crippen molar-refractivity contribution in [3.05, 3.63) is 29.6 Å². The molecule has 0 N–H and O–H groups in total. The van der Waals surface area contributed by atoms with Gasteiger partial charge in [-0.05, 0) is 12.1 Å². The third-order valence-corrected chi connectivity index (χ3v) is 2.52. The summed E-state index contributed by atoms with van der Waals surface area (Å²) < 4.78 is 5.14. The van der Waals surface area contributed by atoms with Crippen molar-refractivity contribution in [3.63, 3.8) is 0 Å². The smallest absolute Gasteiger partial charge is 0.255 e. The molecule has 1 aliphatic rings. The van der Waals surface area contributed by atoms with Crippen molar-refractivity contribution in [2.75, 3.05) is 26.3 Å². The van der Waals surface area contributed by atoms with Gasteiger partial charge in [-0.3, -0.25) is 9.78 Å². The van der Waals surface area contributed by atoms with E-state index >= 15 is 0 Å². The number of nitrogens with zero attached hydrogens (tertiary/aromatic N) is 2. The maximum absolute atomic E-state index is 11.9. The molecule has 0 aromatic carbocycles. The van der Waals surface area contributed by atoms with Gasteiger partial charge in [0.2, 0.25) is 0 Å². The molecule has 1 aromatic heterocycles. The molecule has 1 amide bonds. The van der Waals surface area contributed by atoms with E-state index < -0.39 is 5.97 Å². The largest absolute Gasteiger partial charge is 0.543 e. The molecule has 1 saturated heterocycles. The molecule has 17 heavy (non-hydrogen) atoms. The lowest BCUT2D eigenvalue weighted by Crippen LogP contribution is -2.40. The summed E-state index contributed by atoms with van der Waals surface area (Å²) in [5.41, 5.74) is 0.195. The van der Waals surface area contributed by atoms with Crippen LogP contribution in [0.4, 0.5) is 0 Å². The number of aromatic carboxylic acids is 1. The Kier molecular flexibility index (Phi) is 3.34. The molecule has 6 nitrogen and oxygen atoms in total. The molecular weight excluding hydrogens is 224 g/mol. The Hall–Kier alpha value is -1.95. The number of carbonyl (C=O) groups excluding carboxylic acids is 2. The van der Waals surface area contributed by atoms with Crippen molar-refractivity contribution < 1.29 is 19.4 Å². The summed E-state index contributed by atoms with van der Waals surface area (Å²) in [4.78, 5) is 27.8. The second-order valence-electron chi connectivity index (χ2n) is 3.62. The average molecular weight is 235 g/mol. The molecule has 0 bridgehead atoms. The highest BCUT2D eigenvalue weighted by molar-refractivity contribution is 5.94. The van der Waals surface area contributed by atoms with Crippen molar-refractivity contribution in [2.24, 2.45) is 0 Å². The Balaban J connectivity index is 2.10. The lowest BCUT2D eigenvalue weighted by atomic mass is 10.2. The van der Waals surface area contributed by atoms with Crippen LogP contribution < -0.4 is 5.11 Å². The average Bonchev–Trinajstić information content (AvgIpc) is 2.39. The van der Waals surface area contributed by atoms with E-state index in [2.05, 4.69) is 4.98 Å². The number of rotatable bonds is 2. The van der Waals surface area contributed by atoms with E-state index in [1.165, 1.54) is 18.3 Å². The van der Waals surface area contributed by atoms with Gasteiger partial charge >= 0.3 is 0 Å². The topological polar surface area (TPSA) is 82.6 Å². The Labute approximate surface area is 97.8 Å². The molecule has 1 aliphatic heterocycles. The van der Waals surface area contributed by atoms with Crippen LogP contribution in [0.15, 0.2) is 18.3 Å². The van der Waals surface area contributed by atoms with Gasteiger partial charge in [-0.25, -0.2) is 0 Å². The van der Waals surface area contributed by atoms with Crippen LogP contribution in [0.2, 0.25) is 0 Å². The first-order valence-corrected chi connectivity index (χ1v) is 5.23. The first kappa shape index (κ1) is 11.5. The number of pyridine rings is 1. The molecule has 0 radical (unpaired) electrons. The van der Waals surface area contributed by atoms with Crippen LogP contribution in [0.3, 0.4) is 0 Å². The van der Waals surface area contributed by atoms with Gasteiger partial charge in [0.1, 0.15) is 0 Å². The van der Waals surface area contributed by atoms with Crippen molar-refractivity contribution in [3.8, 4) is 0 Å². The maximum Gasteiger partial charge on any atom is 0.255 e. The number of ether oxygens (including phenoxy) is 1. The standard InChI is InChI=1S/C11H12N2O4/c14-10(13-3-5-17-6-4-13)8-1-2-9(11(15)16)12-7-8/h1-2,7H,3-6H2,(H,15,16)/p-1. The van der Waals surface area contributed by atoms with Gasteiger partial charge in [-0.2, -0.15) is 0 Å². The highest BCUT2D eigenvalue weighted by atomic mass is 16.5. The van der Waals surface area contributed by atoms with Crippen LogP contribution in [0.25, 0.3) is 0 Å². The van der Waals surface area contributed by atoms with Gasteiger partial charge in [0.15, 0.2) is 0 Å². The van der Waals surface area contributed by atoms with Gasteiger partial charge in [0.05, 0.1) is 30.4 Å². The van der Waals surface area contributed by atoms with Crippen molar-refractivity contribution >= 4 is 11.9 Å². The van der Waals surface area contributed by atoms with Gasteiger partial charge in [0.25, 0.3) is 5.91 Å². The second-order valence-corrected chi connectivity index (χ2v) is 3.62. The molecule has 6 heteroatoms. The van der Waals surface area contributed by atoms with Gasteiger partial charge in [-0.15, -0.1) is 0 Å². The van der Waals surface area contributed by atoms with E-state index in [-0.39, 0.29) is 11.6 Å². The summed E-state index contributed by atoms with van der Waals surface area (Å²) in [6.07, 6.45) is 1.25. The molecule has 1 aromatic rings. The number of morpholine rings is 1. The number of carbonyl (C=O) groups is 2. The molecule has 0 atom stereocenters. The van der Waals surface area contributed by atoms with E-state index in [9.17, 15) is 14.7 Å². The number of hydrogen-bond acceptors (Lipinski definition) is 5. The van der Waals surface area contributed by atoms with Gasteiger partial charge < -0.3 is 19.5 Å². The fraction of sp³-hybridized carbons (Fsp3) is 0.364. The summed E-state index contributed by atoms with van der Waals surface area (Å²) in [5, 5.41) is 10.5. The number of amides is 1. The second kappa shape index (κ2) is 4.92. The molecule has 0 spiro atoms. The minimum atomic E-state index is -1.35. The first-order valence-electron chi connectivity index (χ1n) is 5.23. The van der Waals surface area contributed by atoms with Crippen molar-refractivity contribution in [1.29, 1.82) is 0 Å². The summed E-state index contributed by atoms with van der Waals surface area (Å²) in [6.45, 7) is 2.13. The third-order valence-electron chi connectivity index (χ3n) is 2.52. The van der Waals surface area contributed by atoms with Crippen LogP contribution in [0.5, 0.6) is 0 Å². The number of hydrogen-bond donors (Lipinski definition) is 0. The lowest BCUT2D eigenvalue weighted by molar-refractivity contribution is -0.255. The van der Waals surface area contributed by atoms with E-state index in [1.807, 2.05) is 0 Å². The lowest BCUT2D eigenvalue weighted by Gasteiger charge is -2.26. The Morgan fingerprint density at radius 1 is 1.29 bits per heavy atom. The zero-order valence-corrected chi connectivity index (χ0v) is 9.09. The Morgan fingerprint density at radius 2 is 2.00 bits per heavy atom. The van der Waals surface area contributed by atoms with E-state index in [4.69, 9.17) is 4.74 Å². The van der Waals surface area contributed by atoms with Crippen LogP contribution >= 0.6 is 0 Å². The Bertz CT molecular complexity index is 424. The molecule has 2 rings (SSSR count). The number of carboxylic acids is 1. The minimum absolute atomic E-state index is 0.161. The third kappa shape index (κ3) is 2.59. The molecule has 90 valence electrons. The van der Waals surface area contributed by atoms with Gasteiger partial charge in [-0.1, -0.05) is 0 Å². The molecule has 0 unspecified atom stereocenters. The van der Waals surface area contributed by atoms with Crippen LogP contribution in [0.1, 0.15) is 20.8 Å². The Morgan fingerprint density at radius 3 is 2.53 bits per heavy atom. The normalized spacial score (nSPS) is 15.6. The zero-order valence-electron chi connectivity index (χ0n) is 9.09. The number of carboxylic acid groups (broad SMARTS) is 1. The highest BCUT2D eigenvalue weighted by Crippen LogP contribution is 2.07. The van der Waals surface area contributed by atoms with E-state index in [0.717, 1.165) is 0 Å². The maximum atomic E-state index is 11.9. The van der Waals surface area contributed by atoms with Crippen molar-refractivity contribution in [2.45, 2.75) is 0 Å². The summed E-state index contributed by atoms with van der Waals surface area (Å²) in [5.74, 6) is -1.51. The fourth-order valence-electron chi connectivity index (χ4n) is 1.59. The van der Waals surface area contributed by atoms with E-state index in [1.54, 1.807) is 4.90 Å². The van der Waals surface area contributed by atoms with Crippen LogP contribution in [0, 0.1) is 0 Å². The molecule has 2 heterocycles. The summed E-state index contributed by atoms with van der Waals surface area (Å²) in [7, 11) is 0. The summed E-state index contributed by atoms with van der Waals surface area (Å²) in [6, 6.07) is 2.71. The van der Waals surface area contributed by atoms with Gasteiger partial charge in [0, 0.05) is 19.3 Å². The molecule has 1 fully saturated rings. The van der Waals surface area contributed by atoms with Crippen molar-refractivity contribution in [1.82, 2.24) is 9.88 Å². The predicted octanol–water partition coefficient (Wildman–Crippen LogP) is -1.08. The minimum Gasteiger partial charge on any atom is -0.543 e. The molecule has 0 aliphatic carbocycles. The quantitative estimate of drug-likeness (QED) is 0.651. The summed E-state index contributed by atoms with van der Waals surface area (Å²) >= 11 is 0. The SMILES string of the molecule is O=C([O-])c1ccc(C(=O)N2CCOCC2)cn1. The highest BCUT2D eigenvalue weighted by Gasteiger charge is 2.18. The predicted molar refractivity (Wildman–Crippen MR) is 55.3 cm³/mol. The monoisotopic (exact) mass is 235 g/mol. The first-order chi connectivity index (χ1) is 8.18.